The van der Waals surface area contributed by atoms with Crippen molar-refractivity contribution in [2.24, 2.45) is 5.41 Å². The third-order valence-electron chi connectivity index (χ3n) is 4.72. The molecule has 2 nitrogen and oxygen atoms in total. The largest absolute Gasteiger partial charge is 0.496 e. The molecular weight excluding hydrogens is 270 g/mol. The van der Waals surface area contributed by atoms with Crippen molar-refractivity contribution in [3.8, 4) is 5.75 Å². The quantitative estimate of drug-likeness (QED) is 0.856. The molecule has 1 aliphatic heterocycles. The Morgan fingerprint density at radius 3 is 2.45 bits per heavy atom. The highest BCUT2D eigenvalue weighted by molar-refractivity contribution is 5.42. The first-order valence-electron chi connectivity index (χ1n) is 8.62. The Hall–Kier alpha value is -1.02. The van der Waals surface area contributed by atoms with Crippen LogP contribution in [0.25, 0.3) is 0 Å². The van der Waals surface area contributed by atoms with Crippen molar-refractivity contribution in [2.75, 3.05) is 20.2 Å². The van der Waals surface area contributed by atoms with E-state index in [1.807, 2.05) is 0 Å². The molecule has 1 aliphatic rings. The van der Waals surface area contributed by atoms with Crippen LogP contribution >= 0.6 is 0 Å². The van der Waals surface area contributed by atoms with Crippen molar-refractivity contribution in [1.82, 2.24) is 5.32 Å². The molecule has 1 saturated heterocycles. The molecule has 0 amide bonds. The van der Waals surface area contributed by atoms with E-state index in [4.69, 9.17) is 4.74 Å². The smallest absolute Gasteiger partial charge is 0.122 e. The van der Waals surface area contributed by atoms with Gasteiger partial charge < -0.3 is 10.1 Å². The van der Waals surface area contributed by atoms with Crippen LogP contribution in [0.15, 0.2) is 18.2 Å². The highest BCUT2D eigenvalue weighted by Gasteiger charge is 2.29. The van der Waals surface area contributed by atoms with Gasteiger partial charge in [-0.15, -0.1) is 0 Å². The van der Waals surface area contributed by atoms with Crippen LogP contribution < -0.4 is 10.1 Å². The van der Waals surface area contributed by atoms with E-state index in [0.29, 0.717) is 11.3 Å². The van der Waals surface area contributed by atoms with E-state index in [1.165, 1.54) is 30.4 Å². The van der Waals surface area contributed by atoms with Gasteiger partial charge in [-0.3, -0.25) is 0 Å². The Morgan fingerprint density at radius 2 is 1.91 bits per heavy atom. The zero-order chi connectivity index (χ0) is 16.4. The van der Waals surface area contributed by atoms with E-state index in [2.05, 4.69) is 58.1 Å². The van der Waals surface area contributed by atoms with E-state index < -0.39 is 0 Å². The van der Waals surface area contributed by atoms with Crippen LogP contribution in [0.4, 0.5) is 0 Å². The first-order valence-corrected chi connectivity index (χ1v) is 8.62. The van der Waals surface area contributed by atoms with Gasteiger partial charge in [0.25, 0.3) is 0 Å². The standard InChI is InChI=1S/C20H33NO/c1-19(2,3)14-20(4,5)16-9-10-18(22-6)17(12-16)15-8-7-11-21-13-15/h9-10,12,15,21H,7-8,11,13-14H2,1-6H3. The van der Waals surface area contributed by atoms with E-state index in [1.54, 1.807) is 7.11 Å². The molecular formula is C20H33NO. The summed E-state index contributed by atoms with van der Waals surface area (Å²) in [6.45, 7) is 13.9. The summed E-state index contributed by atoms with van der Waals surface area (Å²) in [4.78, 5) is 0. The zero-order valence-electron chi connectivity index (χ0n) is 15.3. The Balaban J connectivity index is 2.33. The lowest BCUT2D eigenvalue weighted by Gasteiger charge is -2.34. The average Bonchev–Trinajstić information content (AvgIpc) is 2.45. The molecule has 1 N–H and O–H groups in total. The highest BCUT2D eigenvalue weighted by Crippen LogP contribution is 2.40. The summed E-state index contributed by atoms with van der Waals surface area (Å²) in [5.41, 5.74) is 3.33. The van der Waals surface area contributed by atoms with Gasteiger partial charge in [-0.2, -0.15) is 0 Å². The number of hydrogen-bond donors (Lipinski definition) is 1. The lowest BCUT2D eigenvalue weighted by Crippen LogP contribution is -2.29. The van der Waals surface area contributed by atoms with Gasteiger partial charge in [-0.25, -0.2) is 0 Å². The van der Waals surface area contributed by atoms with Crippen LogP contribution in [-0.4, -0.2) is 20.2 Å². The fourth-order valence-corrected chi connectivity index (χ4v) is 4.02. The number of benzene rings is 1. The van der Waals surface area contributed by atoms with Crippen LogP contribution in [0.2, 0.25) is 0 Å². The predicted octanol–water partition coefficient (Wildman–Crippen LogP) is 4.88. The van der Waals surface area contributed by atoms with Crippen LogP contribution in [-0.2, 0) is 5.41 Å². The summed E-state index contributed by atoms with van der Waals surface area (Å²) in [6.07, 6.45) is 3.69. The molecule has 0 spiro atoms. The molecule has 1 aromatic rings. The molecule has 1 atom stereocenters. The van der Waals surface area contributed by atoms with E-state index >= 15 is 0 Å². The fraction of sp³-hybridized carbons (Fsp3) is 0.700. The second-order valence-electron chi connectivity index (χ2n) is 8.62. The van der Waals surface area contributed by atoms with Gasteiger partial charge in [0.2, 0.25) is 0 Å². The minimum Gasteiger partial charge on any atom is -0.496 e. The second kappa shape index (κ2) is 6.62. The molecule has 0 bridgehead atoms. The van der Waals surface area contributed by atoms with Crippen molar-refractivity contribution >= 4 is 0 Å². The Labute approximate surface area is 136 Å². The van der Waals surface area contributed by atoms with E-state index in [0.717, 1.165) is 18.8 Å². The van der Waals surface area contributed by atoms with Gasteiger partial charge in [0.1, 0.15) is 5.75 Å². The van der Waals surface area contributed by atoms with E-state index in [-0.39, 0.29) is 5.41 Å². The first-order chi connectivity index (χ1) is 10.2. The lowest BCUT2D eigenvalue weighted by atomic mass is 9.71. The molecule has 1 aromatic carbocycles. The second-order valence-corrected chi connectivity index (χ2v) is 8.62. The van der Waals surface area contributed by atoms with Crippen LogP contribution in [0.5, 0.6) is 5.75 Å². The highest BCUT2D eigenvalue weighted by atomic mass is 16.5. The predicted molar refractivity (Wildman–Crippen MR) is 94.9 cm³/mol. The molecule has 22 heavy (non-hydrogen) atoms. The monoisotopic (exact) mass is 303 g/mol. The lowest BCUT2D eigenvalue weighted by molar-refractivity contribution is 0.283. The van der Waals surface area contributed by atoms with Crippen LogP contribution in [0.1, 0.15) is 70.9 Å². The van der Waals surface area contributed by atoms with E-state index in [9.17, 15) is 0 Å². The molecule has 124 valence electrons. The minimum absolute atomic E-state index is 0.182. The summed E-state index contributed by atoms with van der Waals surface area (Å²) in [5, 5.41) is 3.53. The van der Waals surface area contributed by atoms with Gasteiger partial charge >= 0.3 is 0 Å². The van der Waals surface area contributed by atoms with Crippen molar-refractivity contribution in [3.05, 3.63) is 29.3 Å². The SMILES string of the molecule is COc1ccc(C(C)(C)CC(C)(C)C)cc1C1CCCNC1. The number of rotatable bonds is 4. The maximum atomic E-state index is 5.64. The molecule has 2 rings (SSSR count). The maximum absolute atomic E-state index is 5.64. The number of hydrogen-bond acceptors (Lipinski definition) is 2. The Bertz CT molecular complexity index is 493. The Morgan fingerprint density at radius 1 is 1.18 bits per heavy atom. The molecule has 2 heteroatoms. The molecule has 0 aliphatic carbocycles. The third-order valence-corrected chi connectivity index (χ3v) is 4.72. The van der Waals surface area contributed by atoms with Gasteiger partial charge in [-0.05, 0) is 53.8 Å². The van der Waals surface area contributed by atoms with Crippen molar-refractivity contribution in [3.63, 3.8) is 0 Å². The summed E-state index contributed by atoms with van der Waals surface area (Å²) in [5.74, 6) is 1.62. The molecule has 0 aromatic heterocycles. The first kappa shape index (κ1) is 17.3. The van der Waals surface area contributed by atoms with Crippen molar-refractivity contribution in [1.29, 1.82) is 0 Å². The topological polar surface area (TPSA) is 21.3 Å². The summed E-state index contributed by atoms with van der Waals surface area (Å²) in [6, 6.07) is 6.83. The molecule has 0 radical (unpaired) electrons. The Kier molecular flexibility index (Phi) is 5.21. The van der Waals surface area contributed by atoms with Crippen molar-refractivity contribution < 1.29 is 4.74 Å². The molecule has 1 fully saturated rings. The number of nitrogens with one attached hydrogen (secondary N) is 1. The fourth-order valence-electron chi connectivity index (χ4n) is 4.02. The van der Waals surface area contributed by atoms with Crippen LogP contribution in [0, 0.1) is 5.41 Å². The zero-order valence-corrected chi connectivity index (χ0v) is 15.3. The van der Waals surface area contributed by atoms with Gasteiger partial charge in [0.15, 0.2) is 0 Å². The van der Waals surface area contributed by atoms with Gasteiger partial charge in [-0.1, -0.05) is 46.8 Å². The normalized spacial score (nSPS) is 20.0. The molecule has 1 unspecified atom stereocenters. The minimum atomic E-state index is 0.182. The molecule has 1 heterocycles. The van der Waals surface area contributed by atoms with Crippen LogP contribution in [0.3, 0.4) is 0 Å². The number of ether oxygens (including phenoxy) is 1. The average molecular weight is 303 g/mol. The molecule has 0 saturated carbocycles. The summed E-state index contributed by atoms with van der Waals surface area (Å²) in [7, 11) is 1.79. The summed E-state index contributed by atoms with van der Waals surface area (Å²) < 4.78 is 5.64. The third kappa shape index (κ3) is 4.25. The van der Waals surface area contributed by atoms with Crippen molar-refractivity contribution in [2.45, 2.75) is 65.2 Å². The maximum Gasteiger partial charge on any atom is 0.122 e. The summed E-state index contributed by atoms with van der Waals surface area (Å²) >= 11 is 0. The van der Waals surface area contributed by atoms with Gasteiger partial charge in [0.05, 0.1) is 7.11 Å². The number of piperidine rings is 1. The number of methoxy groups -OCH3 is 1. The van der Waals surface area contributed by atoms with Gasteiger partial charge in [0, 0.05) is 12.5 Å².